The lowest BCUT2D eigenvalue weighted by molar-refractivity contribution is -0.123. The van der Waals surface area contributed by atoms with Gasteiger partial charge in [-0.3, -0.25) is 19.0 Å². The van der Waals surface area contributed by atoms with Crippen LogP contribution in [-0.4, -0.2) is 62.1 Å². The molecule has 0 bridgehead atoms. The number of hydrogen-bond acceptors (Lipinski definition) is 6. The van der Waals surface area contributed by atoms with Gasteiger partial charge in [0.05, 0.1) is 11.8 Å². The van der Waals surface area contributed by atoms with Gasteiger partial charge in [0, 0.05) is 35.6 Å². The number of likely N-dealkylation sites (tertiary alicyclic amines) is 1. The lowest BCUT2D eigenvalue weighted by atomic mass is 9.94. The Morgan fingerprint density at radius 2 is 1.89 bits per heavy atom. The summed E-state index contributed by atoms with van der Waals surface area (Å²) in [5.41, 5.74) is -0.997. The number of carbonyl (C=O) groups is 2. The van der Waals surface area contributed by atoms with Gasteiger partial charge in [-0.1, -0.05) is 23.7 Å². The predicted octanol–water partition coefficient (Wildman–Crippen LogP) is 3.04. The number of nitrogens with one attached hydrogen (secondary N) is 2. The van der Waals surface area contributed by atoms with Crippen LogP contribution in [0.1, 0.15) is 53.4 Å². The van der Waals surface area contributed by atoms with E-state index >= 15 is 0 Å². The zero-order valence-electron chi connectivity index (χ0n) is 21.4. The Kier molecular flexibility index (Phi) is 8.92. The molecular weight excluding hydrogens is 482 g/mol. The van der Waals surface area contributed by atoms with Gasteiger partial charge in [-0.15, -0.1) is 0 Å². The van der Waals surface area contributed by atoms with E-state index in [4.69, 9.17) is 11.6 Å². The molecule has 1 aromatic heterocycles. The van der Waals surface area contributed by atoms with Crippen LogP contribution in [0.2, 0.25) is 5.02 Å². The van der Waals surface area contributed by atoms with E-state index in [0.717, 1.165) is 19.6 Å². The number of hydrogen-bond donors (Lipinski definition) is 3. The Morgan fingerprint density at radius 1 is 1.19 bits per heavy atom. The Balaban J connectivity index is 1.73. The van der Waals surface area contributed by atoms with Gasteiger partial charge in [0.2, 0.25) is 11.8 Å². The second-order valence-corrected chi connectivity index (χ2v) is 11.1. The number of aliphatic hydroxyl groups is 1. The van der Waals surface area contributed by atoms with Crippen LogP contribution in [0, 0.1) is 0 Å². The number of nitrogens with zero attached hydrogens (tertiary/aromatic N) is 3. The van der Waals surface area contributed by atoms with Crippen LogP contribution in [0.5, 0.6) is 0 Å². The lowest BCUT2D eigenvalue weighted by Crippen LogP contribution is -2.44. The first kappa shape index (κ1) is 27.8. The van der Waals surface area contributed by atoms with Crippen molar-refractivity contribution in [2.75, 3.05) is 25.0 Å². The number of piperidine rings is 1. The maximum absolute atomic E-state index is 13.3. The van der Waals surface area contributed by atoms with Crippen molar-refractivity contribution >= 4 is 29.1 Å². The summed E-state index contributed by atoms with van der Waals surface area (Å²) in [5, 5.41) is 16.1. The van der Waals surface area contributed by atoms with Crippen LogP contribution in [0.4, 0.5) is 5.69 Å². The van der Waals surface area contributed by atoms with Gasteiger partial charge >= 0.3 is 0 Å². The summed E-state index contributed by atoms with van der Waals surface area (Å²) < 4.78 is 1.25. The van der Waals surface area contributed by atoms with Gasteiger partial charge in [0.1, 0.15) is 18.1 Å². The molecule has 0 unspecified atom stereocenters. The summed E-state index contributed by atoms with van der Waals surface area (Å²) in [4.78, 5) is 45.2. The van der Waals surface area contributed by atoms with Crippen LogP contribution in [-0.2, 0) is 16.1 Å². The van der Waals surface area contributed by atoms with Gasteiger partial charge in [-0.2, -0.15) is 0 Å². The molecule has 9 nitrogen and oxygen atoms in total. The van der Waals surface area contributed by atoms with Gasteiger partial charge in [-0.25, -0.2) is 4.98 Å². The number of rotatable bonds is 8. The quantitative estimate of drug-likeness (QED) is 0.495. The minimum Gasteiger partial charge on any atom is -0.390 e. The molecular formula is C26H36ClN5O4. The largest absolute Gasteiger partial charge is 0.390 e. The SMILES string of the molecule is CC1(O)CCN(CCCC(=O)Nc2cnc(-c3cccc(Cl)c3)n(CC(=O)NC(C)(C)C)c2=O)CC1. The van der Waals surface area contributed by atoms with E-state index in [-0.39, 0.29) is 36.3 Å². The molecule has 1 fully saturated rings. The summed E-state index contributed by atoms with van der Waals surface area (Å²) in [6, 6.07) is 6.87. The third-order valence-corrected chi connectivity index (χ3v) is 6.27. The number of benzene rings is 1. The van der Waals surface area contributed by atoms with Crippen LogP contribution in [0.25, 0.3) is 11.4 Å². The summed E-state index contributed by atoms with van der Waals surface area (Å²) in [7, 11) is 0. The average molecular weight is 518 g/mol. The zero-order chi connectivity index (χ0) is 26.5. The molecule has 0 saturated carbocycles. The van der Waals surface area contributed by atoms with Crippen LogP contribution in [0.15, 0.2) is 35.3 Å². The highest BCUT2D eigenvalue weighted by molar-refractivity contribution is 6.30. The van der Waals surface area contributed by atoms with Crippen molar-refractivity contribution in [1.82, 2.24) is 19.8 Å². The van der Waals surface area contributed by atoms with E-state index in [1.807, 2.05) is 27.7 Å². The fourth-order valence-corrected chi connectivity index (χ4v) is 4.31. The van der Waals surface area contributed by atoms with Crippen molar-refractivity contribution in [1.29, 1.82) is 0 Å². The molecule has 36 heavy (non-hydrogen) atoms. The Labute approximate surface area is 216 Å². The Hall–Kier alpha value is -2.75. The molecule has 1 aliphatic rings. The molecule has 2 aromatic rings. The van der Waals surface area contributed by atoms with E-state index in [2.05, 4.69) is 20.5 Å². The summed E-state index contributed by atoms with van der Waals surface area (Å²) in [5.74, 6) is -0.358. The van der Waals surface area contributed by atoms with Gasteiger partial charge in [0.15, 0.2) is 0 Å². The molecule has 2 amide bonds. The molecule has 3 N–H and O–H groups in total. The molecule has 1 aliphatic heterocycles. The first-order valence-electron chi connectivity index (χ1n) is 12.2. The molecule has 196 valence electrons. The lowest BCUT2D eigenvalue weighted by Gasteiger charge is -2.35. The number of carbonyl (C=O) groups excluding carboxylic acids is 2. The van der Waals surface area contributed by atoms with Gasteiger partial charge in [-0.05, 0) is 65.6 Å². The number of amides is 2. The third-order valence-electron chi connectivity index (χ3n) is 6.03. The van der Waals surface area contributed by atoms with Crippen molar-refractivity contribution in [2.24, 2.45) is 0 Å². The highest BCUT2D eigenvalue weighted by Crippen LogP contribution is 2.22. The van der Waals surface area contributed by atoms with Crippen molar-refractivity contribution in [3.05, 3.63) is 45.8 Å². The first-order valence-corrected chi connectivity index (χ1v) is 12.6. The number of halogens is 1. The maximum Gasteiger partial charge on any atom is 0.278 e. The minimum absolute atomic E-state index is 0.0170. The van der Waals surface area contributed by atoms with Crippen LogP contribution >= 0.6 is 11.6 Å². The van der Waals surface area contributed by atoms with Crippen molar-refractivity contribution in [3.8, 4) is 11.4 Å². The monoisotopic (exact) mass is 517 g/mol. The van der Waals surface area contributed by atoms with Crippen molar-refractivity contribution in [3.63, 3.8) is 0 Å². The molecule has 0 spiro atoms. The molecule has 1 aromatic carbocycles. The standard InChI is InChI=1S/C26H36ClN5O4/c1-25(2,3)30-22(34)17-32-23(18-7-5-8-19(27)15-18)28-16-20(24(32)35)29-21(33)9-6-12-31-13-10-26(4,36)11-14-31/h5,7-8,15-16,36H,6,9-14,17H2,1-4H3,(H,29,33)(H,30,34). The number of aromatic nitrogens is 2. The molecule has 2 heterocycles. The Bertz CT molecular complexity index is 1150. The van der Waals surface area contributed by atoms with E-state index < -0.39 is 16.7 Å². The molecule has 0 aliphatic carbocycles. The van der Waals surface area contributed by atoms with Crippen molar-refractivity contribution in [2.45, 2.75) is 71.1 Å². The van der Waals surface area contributed by atoms with E-state index in [9.17, 15) is 19.5 Å². The maximum atomic E-state index is 13.3. The topological polar surface area (TPSA) is 117 Å². The fourth-order valence-electron chi connectivity index (χ4n) is 4.12. The average Bonchev–Trinajstić information content (AvgIpc) is 2.76. The molecule has 0 radical (unpaired) electrons. The van der Waals surface area contributed by atoms with Gasteiger partial charge < -0.3 is 20.6 Å². The summed E-state index contributed by atoms with van der Waals surface area (Å²) in [6.07, 6.45) is 3.62. The summed E-state index contributed by atoms with van der Waals surface area (Å²) >= 11 is 6.13. The molecule has 10 heteroatoms. The van der Waals surface area contributed by atoms with Gasteiger partial charge in [0.25, 0.3) is 5.56 Å². The molecule has 0 atom stereocenters. The fraction of sp³-hybridized carbons (Fsp3) is 0.538. The highest BCUT2D eigenvalue weighted by Gasteiger charge is 2.27. The second kappa shape index (κ2) is 11.5. The normalized spacial score (nSPS) is 15.9. The van der Waals surface area contributed by atoms with Crippen molar-refractivity contribution < 1.29 is 14.7 Å². The first-order chi connectivity index (χ1) is 16.8. The van der Waals surface area contributed by atoms with E-state index in [0.29, 0.717) is 29.8 Å². The van der Waals surface area contributed by atoms with Crippen LogP contribution in [0.3, 0.4) is 0 Å². The summed E-state index contributed by atoms with van der Waals surface area (Å²) in [6.45, 7) is 9.49. The third kappa shape index (κ3) is 8.15. The van der Waals surface area contributed by atoms with E-state index in [1.165, 1.54) is 10.8 Å². The predicted molar refractivity (Wildman–Crippen MR) is 141 cm³/mol. The molecule has 3 rings (SSSR count). The smallest absolute Gasteiger partial charge is 0.278 e. The van der Waals surface area contributed by atoms with Crippen LogP contribution < -0.4 is 16.2 Å². The second-order valence-electron chi connectivity index (χ2n) is 10.7. The molecule has 1 saturated heterocycles. The highest BCUT2D eigenvalue weighted by atomic mass is 35.5. The zero-order valence-corrected chi connectivity index (χ0v) is 22.2. The number of anilines is 1. The Morgan fingerprint density at radius 3 is 2.53 bits per heavy atom. The van der Waals surface area contributed by atoms with E-state index in [1.54, 1.807) is 24.3 Å². The minimum atomic E-state index is -0.609.